The number of carbonyl (C=O) groups excluding carboxylic acids is 1. The topological polar surface area (TPSA) is 104 Å². The predicted molar refractivity (Wildman–Crippen MR) is 149 cm³/mol. The summed E-state index contributed by atoms with van der Waals surface area (Å²) in [5, 5.41) is 15.2. The van der Waals surface area contributed by atoms with Crippen molar-refractivity contribution in [1.29, 1.82) is 0 Å². The van der Waals surface area contributed by atoms with Gasteiger partial charge in [0.1, 0.15) is 5.60 Å². The van der Waals surface area contributed by atoms with Crippen molar-refractivity contribution in [3.63, 3.8) is 0 Å². The predicted octanol–water partition coefficient (Wildman–Crippen LogP) is 5.32. The number of aliphatic hydroxyl groups is 1. The molecule has 1 amide bonds. The van der Waals surface area contributed by atoms with Gasteiger partial charge in [-0.25, -0.2) is 9.97 Å². The Labute approximate surface area is 227 Å². The number of likely N-dealkylation sites (tertiary alicyclic amines) is 1. The standard InChI is InChI=1S/C29H31ClN6O2/c1-18(21-7-5-11-36(17-21)27(37)20-6-4-10-31-13-20)35-26-23-12-19(8-9-25(23)32-16-24(26)30)22-14-33-28(34-15-22)29(2,3)38/h4,6,8-10,12-16,18,21,38H,5,7,11,17H2,1-3H3,(H,32,35)/t18-,21?/m1/s1. The van der Waals surface area contributed by atoms with E-state index in [9.17, 15) is 9.90 Å². The molecule has 8 nitrogen and oxygen atoms in total. The molecule has 5 rings (SSSR count). The second-order valence-corrected chi connectivity index (χ2v) is 10.8. The van der Waals surface area contributed by atoms with Gasteiger partial charge in [0.05, 0.1) is 21.8 Å². The lowest BCUT2D eigenvalue weighted by Crippen LogP contribution is -2.44. The summed E-state index contributed by atoms with van der Waals surface area (Å²) in [5.41, 5.74) is 2.89. The lowest BCUT2D eigenvalue weighted by atomic mass is 9.91. The van der Waals surface area contributed by atoms with Gasteiger partial charge in [0, 0.05) is 61.1 Å². The Hall–Kier alpha value is -3.62. The van der Waals surface area contributed by atoms with E-state index in [2.05, 4.69) is 32.2 Å². The molecule has 0 saturated carbocycles. The van der Waals surface area contributed by atoms with E-state index in [0.717, 1.165) is 47.1 Å². The maximum absolute atomic E-state index is 13.0. The van der Waals surface area contributed by atoms with E-state index in [1.807, 2.05) is 29.2 Å². The summed E-state index contributed by atoms with van der Waals surface area (Å²) in [6.45, 7) is 6.86. The molecule has 0 radical (unpaired) electrons. The Morgan fingerprint density at radius 1 is 1.13 bits per heavy atom. The van der Waals surface area contributed by atoms with Gasteiger partial charge in [-0.1, -0.05) is 17.7 Å². The van der Waals surface area contributed by atoms with E-state index in [1.165, 1.54) is 0 Å². The number of nitrogens with one attached hydrogen (secondary N) is 1. The third-order valence-corrected chi connectivity index (χ3v) is 7.37. The van der Waals surface area contributed by atoms with Crippen LogP contribution in [0.25, 0.3) is 22.0 Å². The number of hydrogen-bond donors (Lipinski definition) is 2. The summed E-state index contributed by atoms with van der Waals surface area (Å²) in [6, 6.07) is 9.63. The molecule has 38 heavy (non-hydrogen) atoms. The van der Waals surface area contributed by atoms with Crippen molar-refractivity contribution in [3.05, 3.63) is 77.7 Å². The molecule has 1 aromatic carbocycles. The summed E-state index contributed by atoms with van der Waals surface area (Å²) in [4.78, 5) is 32.2. The minimum absolute atomic E-state index is 0.0184. The first-order chi connectivity index (χ1) is 18.2. The first kappa shape index (κ1) is 26.0. The van der Waals surface area contributed by atoms with Crippen LogP contribution < -0.4 is 5.32 Å². The third kappa shape index (κ3) is 5.47. The van der Waals surface area contributed by atoms with Gasteiger partial charge in [0.2, 0.25) is 0 Å². The van der Waals surface area contributed by atoms with Gasteiger partial charge in [0.25, 0.3) is 5.91 Å². The number of benzene rings is 1. The fourth-order valence-corrected chi connectivity index (χ4v) is 5.11. The Morgan fingerprint density at radius 3 is 2.63 bits per heavy atom. The molecule has 0 spiro atoms. The monoisotopic (exact) mass is 530 g/mol. The van der Waals surface area contributed by atoms with Crippen LogP contribution in [0, 0.1) is 5.92 Å². The smallest absolute Gasteiger partial charge is 0.255 e. The lowest BCUT2D eigenvalue weighted by Gasteiger charge is -2.36. The van der Waals surface area contributed by atoms with Crippen molar-refractivity contribution in [3.8, 4) is 11.1 Å². The molecule has 0 bridgehead atoms. The maximum Gasteiger partial charge on any atom is 0.255 e. The van der Waals surface area contributed by atoms with Crippen LogP contribution in [0.15, 0.2) is 61.3 Å². The number of carbonyl (C=O) groups is 1. The van der Waals surface area contributed by atoms with Gasteiger partial charge < -0.3 is 15.3 Å². The maximum atomic E-state index is 13.0. The summed E-state index contributed by atoms with van der Waals surface area (Å²) in [6.07, 6.45) is 10.3. The quantitative estimate of drug-likeness (QED) is 0.347. The largest absolute Gasteiger partial charge is 0.382 e. The van der Waals surface area contributed by atoms with Crippen molar-refractivity contribution < 1.29 is 9.90 Å². The number of hydrogen-bond acceptors (Lipinski definition) is 7. The SMILES string of the molecule is C[C@@H](Nc1c(Cl)cnc2ccc(-c3cnc(C(C)(C)O)nc3)cc12)C1CCCN(C(=O)c2cccnc2)C1. The molecule has 2 N–H and O–H groups in total. The first-order valence-corrected chi connectivity index (χ1v) is 13.2. The molecule has 1 saturated heterocycles. The normalized spacial score (nSPS) is 16.9. The van der Waals surface area contributed by atoms with Gasteiger partial charge in [-0.15, -0.1) is 0 Å². The minimum atomic E-state index is -1.11. The van der Waals surface area contributed by atoms with E-state index < -0.39 is 5.60 Å². The average molecular weight is 531 g/mol. The van der Waals surface area contributed by atoms with E-state index in [0.29, 0.717) is 23.0 Å². The van der Waals surface area contributed by atoms with Crippen LogP contribution in [-0.4, -0.2) is 55.0 Å². The molecule has 0 aliphatic carbocycles. The highest BCUT2D eigenvalue weighted by molar-refractivity contribution is 6.34. The molecule has 3 aromatic heterocycles. The van der Waals surface area contributed by atoms with Crippen LogP contribution in [0.2, 0.25) is 5.02 Å². The number of anilines is 1. The Morgan fingerprint density at radius 2 is 1.92 bits per heavy atom. The van der Waals surface area contributed by atoms with E-state index in [-0.39, 0.29) is 17.9 Å². The van der Waals surface area contributed by atoms with Gasteiger partial charge in [0.15, 0.2) is 5.82 Å². The minimum Gasteiger partial charge on any atom is -0.382 e. The van der Waals surface area contributed by atoms with Crippen molar-refractivity contribution in [1.82, 2.24) is 24.8 Å². The van der Waals surface area contributed by atoms with Crippen LogP contribution >= 0.6 is 11.6 Å². The Kier molecular flexibility index (Phi) is 7.27. The number of amides is 1. The van der Waals surface area contributed by atoms with Crippen LogP contribution in [0.4, 0.5) is 5.69 Å². The Balaban J connectivity index is 1.38. The van der Waals surface area contributed by atoms with Crippen molar-refractivity contribution in [2.24, 2.45) is 5.92 Å². The number of halogens is 1. The molecule has 4 aromatic rings. The van der Waals surface area contributed by atoms with E-state index in [1.54, 1.807) is 50.9 Å². The highest BCUT2D eigenvalue weighted by Crippen LogP contribution is 2.35. The zero-order chi connectivity index (χ0) is 26.9. The molecule has 1 aliphatic rings. The highest BCUT2D eigenvalue weighted by atomic mass is 35.5. The van der Waals surface area contributed by atoms with Crippen LogP contribution in [0.5, 0.6) is 0 Å². The van der Waals surface area contributed by atoms with Crippen molar-refractivity contribution >= 4 is 34.1 Å². The number of rotatable bonds is 6. The first-order valence-electron chi connectivity index (χ1n) is 12.8. The fourth-order valence-electron chi connectivity index (χ4n) is 4.91. The van der Waals surface area contributed by atoms with Crippen molar-refractivity contribution in [2.75, 3.05) is 18.4 Å². The van der Waals surface area contributed by atoms with E-state index in [4.69, 9.17) is 11.6 Å². The van der Waals surface area contributed by atoms with Crippen LogP contribution in [0.3, 0.4) is 0 Å². The van der Waals surface area contributed by atoms with Gasteiger partial charge in [-0.2, -0.15) is 0 Å². The summed E-state index contributed by atoms with van der Waals surface area (Å²) in [5.74, 6) is 0.644. The lowest BCUT2D eigenvalue weighted by molar-refractivity contribution is 0.0663. The molecule has 2 atom stereocenters. The number of pyridine rings is 2. The zero-order valence-corrected chi connectivity index (χ0v) is 22.5. The van der Waals surface area contributed by atoms with Crippen LogP contribution in [-0.2, 0) is 5.60 Å². The highest BCUT2D eigenvalue weighted by Gasteiger charge is 2.29. The molecular weight excluding hydrogens is 500 g/mol. The second-order valence-electron chi connectivity index (χ2n) is 10.4. The number of nitrogens with zero attached hydrogens (tertiary/aromatic N) is 5. The number of aromatic nitrogens is 4. The summed E-state index contributed by atoms with van der Waals surface area (Å²) in [7, 11) is 0. The zero-order valence-electron chi connectivity index (χ0n) is 21.7. The van der Waals surface area contributed by atoms with Gasteiger partial charge in [-0.05, 0) is 69.4 Å². The van der Waals surface area contributed by atoms with Crippen molar-refractivity contribution in [2.45, 2.75) is 45.3 Å². The summed E-state index contributed by atoms with van der Waals surface area (Å²) >= 11 is 6.67. The fraction of sp³-hybridized carbons (Fsp3) is 0.345. The molecule has 1 fully saturated rings. The molecule has 196 valence electrons. The molecule has 4 heterocycles. The van der Waals surface area contributed by atoms with Crippen LogP contribution in [0.1, 0.15) is 49.8 Å². The molecule has 1 unspecified atom stereocenters. The number of piperidine rings is 1. The number of fused-ring (bicyclic) bond motifs is 1. The van der Waals surface area contributed by atoms with Gasteiger partial charge in [-0.3, -0.25) is 14.8 Å². The Bertz CT molecular complexity index is 1440. The van der Waals surface area contributed by atoms with E-state index >= 15 is 0 Å². The second kappa shape index (κ2) is 10.6. The average Bonchev–Trinajstić information content (AvgIpc) is 2.94. The van der Waals surface area contributed by atoms with Gasteiger partial charge >= 0.3 is 0 Å². The summed E-state index contributed by atoms with van der Waals surface area (Å²) < 4.78 is 0. The molecule has 1 aliphatic heterocycles. The third-order valence-electron chi connectivity index (χ3n) is 7.09. The molecular formula is C29H31ClN6O2. The molecule has 9 heteroatoms.